The summed E-state index contributed by atoms with van der Waals surface area (Å²) in [7, 11) is 0. The summed E-state index contributed by atoms with van der Waals surface area (Å²) in [6.07, 6.45) is 4.37. The van der Waals surface area contributed by atoms with Gasteiger partial charge in [0.25, 0.3) is 0 Å². The molecule has 0 heterocycles. The van der Waals surface area contributed by atoms with Crippen LogP contribution in [0.5, 0.6) is 0 Å². The third-order valence-electron chi connectivity index (χ3n) is 2.96. The smallest absolute Gasteiger partial charge is 0.181 e. The number of carbonyl (C=O) groups is 1. The van der Waals surface area contributed by atoms with Gasteiger partial charge in [-0.1, -0.05) is 25.5 Å². The molecule has 0 aromatic carbocycles. The molecular weight excluding hydrogens is 188 g/mol. The number of hydrogen-bond acceptors (Lipinski definition) is 2. The zero-order valence-corrected chi connectivity index (χ0v) is 10.0. The molecule has 2 nitrogen and oxygen atoms in total. The summed E-state index contributed by atoms with van der Waals surface area (Å²) < 4.78 is 0. The minimum Gasteiger partial charge on any atom is -0.393 e. The van der Waals surface area contributed by atoms with Gasteiger partial charge in [-0.25, -0.2) is 0 Å². The number of aliphatic hydroxyl groups excluding tert-OH is 1. The second-order valence-electron chi connectivity index (χ2n) is 4.97. The molecular formula is C13H20O2. The molecule has 1 aliphatic carbocycles. The Hall–Kier alpha value is -0.890. The number of hydrogen-bond donors (Lipinski definition) is 1. The second kappa shape index (κ2) is 4.31. The van der Waals surface area contributed by atoms with E-state index < -0.39 is 0 Å². The Kier molecular flexibility index (Phi) is 3.50. The molecule has 1 unspecified atom stereocenters. The normalized spacial score (nSPS) is 26.1. The van der Waals surface area contributed by atoms with Gasteiger partial charge in [-0.15, -0.1) is 0 Å². The summed E-state index contributed by atoms with van der Waals surface area (Å²) in [4.78, 5) is 11.9. The number of aliphatic hydroxyl groups is 1. The molecule has 84 valence electrons. The fraction of sp³-hybridized carbons (Fsp3) is 0.615. The van der Waals surface area contributed by atoms with Crippen molar-refractivity contribution in [3.63, 3.8) is 0 Å². The Bertz CT molecular complexity index is 321. The van der Waals surface area contributed by atoms with Crippen molar-refractivity contribution < 1.29 is 9.90 Å². The lowest BCUT2D eigenvalue weighted by atomic mass is 9.70. The molecule has 2 heteroatoms. The van der Waals surface area contributed by atoms with E-state index in [2.05, 4.69) is 0 Å². The van der Waals surface area contributed by atoms with Crippen LogP contribution in [0.1, 0.15) is 40.5 Å². The summed E-state index contributed by atoms with van der Waals surface area (Å²) in [5.74, 6) is 0.0897. The zero-order chi connectivity index (χ0) is 11.6. The van der Waals surface area contributed by atoms with Crippen molar-refractivity contribution in [3.8, 4) is 0 Å². The highest BCUT2D eigenvalue weighted by molar-refractivity contribution is 6.05. The first kappa shape index (κ1) is 12.2. The monoisotopic (exact) mass is 208 g/mol. The summed E-state index contributed by atoms with van der Waals surface area (Å²) in [5, 5.41) is 9.68. The van der Waals surface area contributed by atoms with Gasteiger partial charge >= 0.3 is 0 Å². The van der Waals surface area contributed by atoms with Crippen molar-refractivity contribution in [1.82, 2.24) is 0 Å². The fourth-order valence-electron chi connectivity index (χ4n) is 2.57. The molecule has 0 aliphatic heterocycles. The van der Waals surface area contributed by atoms with Crippen molar-refractivity contribution in [2.45, 2.75) is 46.6 Å². The van der Waals surface area contributed by atoms with E-state index in [4.69, 9.17) is 0 Å². The topological polar surface area (TPSA) is 37.3 Å². The fourth-order valence-corrected chi connectivity index (χ4v) is 2.57. The number of allylic oxidation sites excluding steroid dienone is 3. The van der Waals surface area contributed by atoms with Gasteiger partial charge in [0.05, 0.1) is 6.10 Å². The van der Waals surface area contributed by atoms with Gasteiger partial charge in [-0.2, -0.15) is 0 Å². The minimum absolute atomic E-state index is 0.0897. The van der Waals surface area contributed by atoms with Gasteiger partial charge in [-0.3, -0.25) is 4.79 Å². The third-order valence-corrected chi connectivity index (χ3v) is 2.96. The van der Waals surface area contributed by atoms with E-state index >= 15 is 0 Å². The van der Waals surface area contributed by atoms with E-state index in [9.17, 15) is 9.90 Å². The predicted octanol–water partition coefficient (Wildman–Crippen LogP) is 2.63. The van der Waals surface area contributed by atoms with Crippen LogP contribution in [0, 0.1) is 5.41 Å². The van der Waals surface area contributed by atoms with Crippen molar-refractivity contribution in [2.24, 2.45) is 5.41 Å². The summed E-state index contributed by atoms with van der Waals surface area (Å²) >= 11 is 0. The second-order valence-corrected chi connectivity index (χ2v) is 4.97. The third kappa shape index (κ3) is 2.57. The predicted molar refractivity (Wildman–Crippen MR) is 61.5 cm³/mol. The molecule has 0 bridgehead atoms. The maximum absolute atomic E-state index is 11.9. The molecule has 1 rings (SSSR count). The van der Waals surface area contributed by atoms with Crippen LogP contribution < -0.4 is 0 Å². The summed E-state index contributed by atoms with van der Waals surface area (Å²) in [5.41, 5.74) is 1.70. The zero-order valence-electron chi connectivity index (χ0n) is 10.0. The van der Waals surface area contributed by atoms with Crippen LogP contribution in [0.2, 0.25) is 0 Å². The molecule has 1 N–H and O–H groups in total. The Morgan fingerprint density at radius 1 is 1.53 bits per heavy atom. The van der Waals surface area contributed by atoms with Crippen LogP contribution in [-0.2, 0) is 4.79 Å². The highest BCUT2D eigenvalue weighted by atomic mass is 16.3. The van der Waals surface area contributed by atoms with E-state index in [1.807, 2.05) is 27.7 Å². The lowest BCUT2D eigenvalue weighted by molar-refractivity contribution is -0.112. The Balaban J connectivity index is 3.11. The molecule has 0 saturated heterocycles. The Morgan fingerprint density at radius 3 is 2.60 bits per heavy atom. The summed E-state index contributed by atoms with van der Waals surface area (Å²) in [6, 6.07) is 0. The largest absolute Gasteiger partial charge is 0.393 e. The first-order chi connectivity index (χ1) is 6.88. The maximum atomic E-state index is 11.9. The van der Waals surface area contributed by atoms with Gasteiger partial charge in [0, 0.05) is 5.57 Å². The SMILES string of the molecule is CC=CC(=O)C1=C(C)CC(O)CC1(C)C. The van der Waals surface area contributed by atoms with Crippen molar-refractivity contribution in [1.29, 1.82) is 0 Å². The highest BCUT2D eigenvalue weighted by Crippen LogP contribution is 2.40. The molecule has 0 aromatic heterocycles. The first-order valence-electron chi connectivity index (χ1n) is 5.44. The Morgan fingerprint density at radius 2 is 2.13 bits per heavy atom. The van der Waals surface area contributed by atoms with Gasteiger partial charge in [0.2, 0.25) is 0 Å². The molecule has 1 aliphatic rings. The lowest BCUT2D eigenvalue weighted by Crippen LogP contribution is -2.32. The number of ketones is 1. The highest BCUT2D eigenvalue weighted by Gasteiger charge is 2.35. The van der Waals surface area contributed by atoms with Crippen molar-refractivity contribution in [3.05, 3.63) is 23.3 Å². The lowest BCUT2D eigenvalue weighted by Gasteiger charge is -2.35. The number of carbonyl (C=O) groups excluding carboxylic acids is 1. The van der Waals surface area contributed by atoms with E-state index in [-0.39, 0.29) is 17.3 Å². The van der Waals surface area contributed by atoms with Crippen LogP contribution in [-0.4, -0.2) is 17.0 Å². The van der Waals surface area contributed by atoms with Gasteiger partial charge in [-0.05, 0) is 38.2 Å². The number of rotatable bonds is 2. The standard InChI is InChI=1S/C13H20O2/c1-5-6-11(15)12-9(2)7-10(14)8-13(12,3)4/h5-6,10,14H,7-8H2,1-4H3. The average molecular weight is 208 g/mol. The van der Waals surface area contributed by atoms with E-state index in [0.29, 0.717) is 12.8 Å². The molecule has 0 aromatic rings. The van der Waals surface area contributed by atoms with Crippen LogP contribution in [0.4, 0.5) is 0 Å². The quantitative estimate of drug-likeness (QED) is 0.708. The van der Waals surface area contributed by atoms with Gasteiger partial charge in [0.1, 0.15) is 0 Å². The van der Waals surface area contributed by atoms with Crippen LogP contribution in [0.25, 0.3) is 0 Å². The molecule has 0 radical (unpaired) electrons. The van der Waals surface area contributed by atoms with Crippen molar-refractivity contribution in [2.75, 3.05) is 0 Å². The van der Waals surface area contributed by atoms with E-state index in [1.54, 1.807) is 12.2 Å². The van der Waals surface area contributed by atoms with E-state index in [0.717, 1.165) is 11.1 Å². The first-order valence-corrected chi connectivity index (χ1v) is 5.44. The molecule has 0 fully saturated rings. The average Bonchev–Trinajstić information content (AvgIpc) is 1.99. The maximum Gasteiger partial charge on any atom is 0.181 e. The van der Waals surface area contributed by atoms with Crippen LogP contribution >= 0.6 is 0 Å². The molecule has 15 heavy (non-hydrogen) atoms. The molecule has 0 saturated carbocycles. The van der Waals surface area contributed by atoms with Crippen molar-refractivity contribution >= 4 is 5.78 Å². The van der Waals surface area contributed by atoms with Crippen LogP contribution in [0.3, 0.4) is 0 Å². The van der Waals surface area contributed by atoms with Gasteiger partial charge in [0.15, 0.2) is 5.78 Å². The molecule has 0 amide bonds. The molecule has 1 atom stereocenters. The Labute approximate surface area is 91.7 Å². The minimum atomic E-state index is -0.304. The van der Waals surface area contributed by atoms with Crippen LogP contribution in [0.15, 0.2) is 23.3 Å². The van der Waals surface area contributed by atoms with E-state index in [1.165, 1.54) is 0 Å². The molecule has 0 spiro atoms. The van der Waals surface area contributed by atoms with Gasteiger partial charge < -0.3 is 5.11 Å². The summed E-state index contributed by atoms with van der Waals surface area (Å²) in [6.45, 7) is 7.84.